The first-order valence-corrected chi connectivity index (χ1v) is 14.7. The number of hydrogen-bond donors (Lipinski definition) is 0. The Morgan fingerprint density at radius 1 is 0.535 bits per heavy atom. The summed E-state index contributed by atoms with van der Waals surface area (Å²) in [6, 6.07) is 44.0. The molecular weight excluding hydrogens is 526 g/mol. The van der Waals surface area contributed by atoms with Crippen LogP contribution in [0.15, 0.2) is 137 Å². The van der Waals surface area contributed by atoms with Crippen molar-refractivity contribution in [2.24, 2.45) is 0 Å². The van der Waals surface area contributed by atoms with Crippen LogP contribution in [-0.4, -0.2) is 4.57 Å². The summed E-state index contributed by atoms with van der Waals surface area (Å²) in [7, 11) is 0. The summed E-state index contributed by atoms with van der Waals surface area (Å²) in [5.41, 5.74) is 11.7. The summed E-state index contributed by atoms with van der Waals surface area (Å²) in [5.74, 6) is 0. The van der Waals surface area contributed by atoms with E-state index in [1.807, 2.05) is 54.6 Å². The van der Waals surface area contributed by atoms with E-state index in [4.69, 9.17) is 4.42 Å². The number of rotatable bonds is 2. The topological polar surface area (TPSA) is 35.1 Å². The van der Waals surface area contributed by atoms with Crippen molar-refractivity contribution < 1.29 is 4.42 Å². The van der Waals surface area contributed by atoms with Gasteiger partial charge in [0.15, 0.2) is 0 Å². The molecule has 2 aromatic heterocycles. The number of aromatic nitrogens is 1. The fraction of sp³-hybridized carbons (Fsp3) is 0.0750. The summed E-state index contributed by atoms with van der Waals surface area (Å²) in [4.78, 5) is 13.7. The van der Waals surface area contributed by atoms with Crippen molar-refractivity contribution >= 4 is 43.7 Å². The summed E-state index contributed by atoms with van der Waals surface area (Å²) in [5, 5.41) is 3.61. The van der Waals surface area contributed by atoms with Crippen molar-refractivity contribution in [1.82, 2.24) is 4.57 Å². The van der Waals surface area contributed by atoms with Crippen molar-refractivity contribution in [3.05, 3.63) is 149 Å². The smallest absolute Gasteiger partial charge is 0.200 e. The minimum Gasteiger partial charge on any atom is -0.456 e. The Labute approximate surface area is 248 Å². The normalized spacial score (nSPS) is 13.6. The molecule has 0 atom stereocenters. The molecule has 0 amide bonds. The summed E-state index contributed by atoms with van der Waals surface area (Å²) >= 11 is 0. The molecule has 0 bridgehead atoms. The molecular formula is C40H27NO2. The van der Waals surface area contributed by atoms with E-state index in [9.17, 15) is 4.79 Å². The maximum atomic E-state index is 13.7. The minimum atomic E-state index is -0.0723. The third kappa shape index (κ3) is 3.33. The molecule has 0 saturated carbocycles. The van der Waals surface area contributed by atoms with E-state index in [1.54, 1.807) is 0 Å². The lowest BCUT2D eigenvalue weighted by atomic mass is 9.82. The van der Waals surface area contributed by atoms with Gasteiger partial charge in [-0.1, -0.05) is 92.7 Å². The number of fused-ring (bicyclic) bond motifs is 8. The van der Waals surface area contributed by atoms with E-state index in [0.29, 0.717) is 21.9 Å². The van der Waals surface area contributed by atoms with Crippen LogP contribution in [0.2, 0.25) is 0 Å². The van der Waals surface area contributed by atoms with E-state index in [2.05, 4.69) is 91.2 Å². The van der Waals surface area contributed by atoms with Crippen molar-refractivity contribution in [3.8, 4) is 27.9 Å². The summed E-state index contributed by atoms with van der Waals surface area (Å²) in [6.45, 7) is 4.64. The van der Waals surface area contributed by atoms with Gasteiger partial charge in [0.25, 0.3) is 0 Å². The number of benzene rings is 6. The Hall–Kier alpha value is -5.41. The van der Waals surface area contributed by atoms with Crippen LogP contribution in [0, 0.1) is 0 Å². The molecule has 3 heteroatoms. The van der Waals surface area contributed by atoms with Gasteiger partial charge in [0.05, 0.1) is 21.8 Å². The third-order valence-corrected chi connectivity index (χ3v) is 9.40. The van der Waals surface area contributed by atoms with Crippen LogP contribution in [0.5, 0.6) is 0 Å². The predicted octanol–water partition coefficient (Wildman–Crippen LogP) is 10.0. The first-order valence-electron chi connectivity index (χ1n) is 14.7. The first-order chi connectivity index (χ1) is 21.0. The first kappa shape index (κ1) is 24.2. The molecule has 8 aromatic rings. The molecule has 3 nitrogen and oxygen atoms in total. The van der Waals surface area contributed by atoms with Gasteiger partial charge in [-0.15, -0.1) is 0 Å². The minimum absolute atomic E-state index is 0.0144. The lowest BCUT2D eigenvalue weighted by Crippen LogP contribution is -2.14. The molecule has 6 aromatic carbocycles. The molecule has 1 aliphatic carbocycles. The zero-order valence-electron chi connectivity index (χ0n) is 23.9. The second kappa shape index (κ2) is 8.56. The van der Waals surface area contributed by atoms with E-state index in [1.165, 1.54) is 33.0 Å². The molecule has 0 aliphatic heterocycles. The van der Waals surface area contributed by atoms with Gasteiger partial charge < -0.3 is 8.98 Å². The molecule has 43 heavy (non-hydrogen) atoms. The zero-order valence-corrected chi connectivity index (χ0v) is 23.9. The Kier molecular flexibility index (Phi) is 4.82. The lowest BCUT2D eigenvalue weighted by molar-refractivity contribution is 0.659. The largest absolute Gasteiger partial charge is 0.456 e. The maximum absolute atomic E-state index is 13.7. The average molecular weight is 554 g/mol. The molecule has 0 radical (unpaired) electrons. The van der Waals surface area contributed by atoms with Gasteiger partial charge in [0.1, 0.15) is 11.2 Å². The molecule has 9 rings (SSSR count). The zero-order chi connectivity index (χ0) is 28.9. The van der Waals surface area contributed by atoms with Crippen molar-refractivity contribution in [2.45, 2.75) is 19.3 Å². The van der Waals surface area contributed by atoms with E-state index in [-0.39, 0.29) is 10.8 Å². The summed E-state index contributed by atoms with van der Waals surface area (Å²) in [6.07, 6.45) is 0. The highest BCUT2D eigenvalue weighted by Crippen LogP contribution is 2.51. The second-order valence-corrected chi connectivity index (χ2v) is 12.1. The van der Waals surface area contributed by atoms with Crippen molar-refractivity contribution in [3.63, 3.8) is 0 Å². The standard InChI is InChI=1S/C40H27NO2/c1-40(2)33-14-8-6-12-27(33)30-23-36-31(22-34(30)40)28-13-7-9-15-35(28)41(36)26-17-18-29-38(21-26)43-37-19-16-25(20-32(37)39(29)42)24-10-4-3-5-11-24/h3-23H,1-2H3. The average Bonchev–Trinajstić information content (AvgIpc) is 3.49. The molecule has 0 N–H and O–H groups in total. The molecule has 0 spiro atoms. The molecule has 2 heterocycles. The Balaban J connectivity index is 1.29. The van der Waals surface area contributed by atoms with Gasteiger partial charge in [-0.3, -0.25) is 4.79 Å². The maximum Gasteiger partial charge on any atom is 0.200 e. The van der Waals surface area contributed by atoms with Crippen LogP contribution >= 0.6 is 0 Å². The van der Waals surface area contributed by atoms with Crippen molar-refractivity contribution in [2.75, 3.05) is 0 Å². The lowest BCUT2D eigenvalue weighted by Gasteiger charge is -2.21. The van der Waals surface area contributed by atoms with Crippen LogP contribution < -0.4 is 5.43 Å². The monoisotopic (exact) mass is 553 g/mol. The van der Waals surface area contributed by atoms with Crippen LogP contribution in [0.1, 0.15) is 25.0 Å². The predicted molar refractivity (Wildman–Crippen MR) is 177 cm³/mol. The molecule has 0 unspecified atom stereocenters. The summed E-state index contributed by atoms with van der Waals surface area (Å²) < 4.78 is 8.72. The van der Waals surface area contributed by atoms with Crippen LogP contribution in [-0.2, 0) is 5.41 Å². The van der Waals surface area contributed by atoms with Gasteiger partial charge >= 0.3 is 0 Å². The third-order valence-electron chi connectivity index (χ3n) is 9.40. The SMILES string of the molecule is CC1(C)c2ccccc2-c2cc3c(cc21)c1ccccc1n3-c1ccc2c(=O)c3cc(-c4ccccc4)ccc3oc2c1. The van der Waals surface area contributed by atoms with Gasteiger partial charge in [0, 0.05) is 27.9 Å². The van der Waals surface area contributed by atoms with E-state index >= 15 is 0 Å². The van der Waals surface area contributed by atoms with E-state index in [0.717, 1.165) is 27.8 Å². The Morgan fingerprint density at radius 2 is 1.33 bits per heavy atom. The second-order valence-electron chi connectivity index (χ2n) is 12.1. The fourth-order valence-electron chi connectivity index (χ4n) is 7.23. The van der Waals surface area contributed by atoms with Gasteiger partial charge in [-0.25, -0.2) is 0 Å². The van der Waals surface area contributed by atoms with Crippen LogP contribution in [0.4, 0.5) is 0 Å². The Bertz CT molecular complexity index is 2500. The number of para-hydroxylation sites is 1. The van der Waals surface area contributed by atoms with Crippen molar-refractivity contribution in [1.29, 1.82) is 0 Å². The Morgan fingerprint density at radius 3 is 2.21 bits per heavy atom. The number of hydrogen-bond acceptors (Lipinski definition) is 2. The molecule has 0 fully saturated rings. The van der Waals surface area contributed by atoms with E-state index < -0.39 is 0 Å². The number of nitrogens with zero attached hydrogens (tertiary/aromatic N) is 1. The fourth-order valence-corrected chi connectivity index (χ4v) is 7.23. The van der Waals surface area contributed by atoms with Gasteiger partial charge in [-0.05, 0) is 75.8 Å². The quantitative estimate of drug-likeness (QED) is 0.200. The van der Waals surface area contributed by atoms with Crippen LogP contribution in [0.25, 0.3) is 71.7 Å². The molecule has 204 valence electrons. The highest BCUT2D eigenvalue weighted by atomic mass is 16.3. The van der Waals surface area contributed by atoms with Gasteiger partial charge in [-0.2, -0.15) is 0 Å². The highest BCUT2D eigenvalue weighted by Gasteiger charge is 2.36. The molecule has 0 saturated heterocycles. The van der Waals surface area contributed by atoms with Crippen LogP contribution in [0.3, 0.4) is 0 Å². The molecule has 1 aliphatic rings. The highest BCUT2D eigenvalue weighted by molar-refractivity contribution is 6.11. The van der Waals surface area contributed by atoms with Gasteiger partial charge in [0.2, 0.25) is 5.43 Å².